The van der Waals surface area contributed by atoms with Crippen molar-refractivity contribution in [2.75, 3.05) is 39.4 Å². The van der Waals surface area contributed by atoms with Crippen LogP contribution in [0.15, 0.2) is 12.1 Å². The molecule has 2 atom stereocenters. The van der Waals surface area contributed by atoms with E-state index in [9.17, 15) is 4.39 Å². The summed E-state index contributed by atoms with van der Waals surface area (Å²) in [5.41, 5.74) is 0. The lowest BCUT2D eigenvalue weighted by Gasteiger charge is -2.42. The van der Waals surface area contributed by atoms with Crippen LogP contribution in [0.25, 0.3) is 0 Å². The van der Waals surface area contributed by atoms with Gasteiger partial charge < -0.3 is 9.47 Å². The zero-order valence-electron chi connectivity index (χ0n) is 17.2. The van der Waals surface area contributed by atoms with Gasteiger partial charge in [-0.1, -0.05) is 27.7 Å². The van der Waals surface area contributed by atoms with Crippen molar-refractivity contribution in [1.29, 1.82) is 0 Å². The van der Waals surface area contributed by atoms with Gasteiger partial charge in [0, 0.05) is 38.3 Å². The van der Waals surface area contributed by atoms with Crippen LogP contribution in [0.3, 0.4) is 0 Å². The van der Waals surface area contributed by atoms with Gasteiger partial charge in [0.2, 0.25) is 5.95 Å². The Balaban J connectivity index is 1.52. The predicted octanol–water partition coefficient (Wildman–Crippen LogP) is 3.44. The number of pyridine rings is 1. The summed E-state index contributed by atoms with van der Waals surface area (Å²) in [5.74, 6) is 1.57. The standard InChI is InChI=1S/C21H34FN3O2/c1-15(2)11-24-9-7-17(24)13-26-19-5-6-20(22)23-21(19)27-14-18-8-10-25(18)12-16(3)4/h5-6,15-18H,7-14H2,1-4H3/t17-,18-/m0/s1. The van der Waals surface area contributed by atoms with Gasteiger partial charge in [-0.05, 0) is 36.8 Å². The Hall–Kier alpha value is -1.40. The molecule has 0 bridgehead atoms. The largest absolute Gasteiger partial charge is 0.486 e. The number of nitrogens with zero attached hydrogens (tertiary/aromatic N) is 3. The predicted molar refractivity (Wildman–Crippen MR) is 105 cm³/mol. The summed E-state index contributed by atoms with van der Waals surface area (Å²) in [4.78, 5) is 8.80. The number of rotatable bonds is 10. The quantitative estimate of drug-likeness (QED) is 0.582. The first-order valence-electron chi connectivity index (χ1n) is 10.3. The molecule has 2 aliphatic rings. The monoisotopic (exact) mass is 379 g/mol. The van der Waals surface area contributed by atoms with Gasteiger partial charge in [-0.25, -0.2) is 0 Å². The van der Waals surface area contributed by atoms with E-state index in [1.807, 2.05) is 0 Å². The van der Waals surface area contributed by atoms with E-state index in [1.54, 1.807) is 6.07 Å². The minimum atomic E-state index is -0.532. The summed E-state index contributed by atoms with van der Waals surface area (Å²) in [5, 5.41) is 0. The van der Waals surface area contributed by atoms with E-state index < -0.39 is 5.95 Å². The van der Waals surface area contributed by atoms with Crippen molar-refractivity contribution < 1.29 is 13.9 Å². The molecule has 5 nitrogen and oxygen atoms in total. The molecule has 27 heavy (non-hydrogen) atoms. The van der Waals surface area contributed by atoms with Crippen molar-refractivity contribution in [3.8, 4) is 11.6 Å². The lowest BCUT2D eigenvalue weighted by Crippen LogP contribution is -2.52. The second-order valence-electron chi connectivity index (χ2n) is 8.72. The maximum atomic E-state index is 13.6. The molecule has 2 saturated heterocycles. The summed E-state index contributed by atoms with van der Waals surface area (Å²) < 4.78 is 25.5. The second kappa shape index (κ2) is 9.20. The fraction of sp³-hybridized carbons (Fsp3) is 0.762. The highest BCUT2D eigenvalue weighted by atomic mass is 19.1. The van der Waals surface area contributed by atoms with Crippen LogP contribution in [0, 0.1) is 17.8 Å². The van der Waals surface area contributed by atoms with Crippen LogP contribution in [-0.4, -0.2) is 66.3 Å². The first kappa shape index (κ1) is 20.3. The van der Waals surface area contributed by atoms with Crippen molar-refractivity contribution in [3.05, 3.63) is 18.1 Å². The Morgan fingerprint density at radius 1 is 0.963 bits per heavy atom. The first-order valence-corrected chi connectivity index (χ1v) is 10.3. The van der Waals surface area contributed by atoms with Crippen molar-refractivity contribution in [1.82, 2.24) is 14.8 Å². The van der Waals surface area contributed by atoms with Gasteiger partial charge in [-0.2, -0.15) is 9.37 Å². The summed E-state index contributed by atoms with van der Waals surface area (Å²) in [7, 11) is 0. The van der Waals surface area contributed by atoms with E-state index in [0.717, 1.165) is 39.0 Å². The number of likely N-dealkylation sites (tertiary alicyclic amines) is 2. The molecule has 0 N–H and O–H groups in total. The van der Waals surface area contributed by atoms with Gasteiger partial charge in [0.1, 0.15) is 13.2 Å². The molecule has 1 aromatic rings. The molecule has 0 saturated carbocycles. The van der Waals surface area contributed by atoms with Crippen LogP contribution in [0.4, 0.5) is 4.39 Å². The van der Waals surface area contributed by atoms with Crippen LogP contribution in [0.2, 0.25) is 0 Å². The van der Waals surface area contributed by atoms with E-state index in [0.29, 0.717) is 42.9 Å². The molecular weight excluding hydrogens is 345 g/mol. The number of aromatic nitrogens is 1. The third-order valence-corrected chi connectivity index (χ3v) is 5.37. The Morgan fingerprint density at radius 3 is 2.00 bits per heavy atom. The molecule has 0 radical (unpaired) electrons. The minimum absolute atomic E-state index is 0.279. The molecule has 6 heteroatoms. The third-order valence-electron chi connectivity index (χ3n) is 5.37. The zero-order valence-corrected chi connectivity index (χ0v) is 17.2. The van der Waals surface area contributed by atoms with Gasteiger partial charge in [-0.3, -0.25) is 9.80 Å². The Labute approximate surface area is 162 Å². The Morgan fingerprint density at radius 2 is 1.52 bits per heavy atom. The summed E-state index contributed by atoms with van der Waals surface area (Å²) >= 11 is 0. The fourth-order valence-electron chi connectivity index (χ4n) is 3.76. The number of halogens is 1. The molecular formula is C21H34FN3O2. The van der Waals surface area contributed by atoms with E-state index in [2.05, 4.69) is 42.5 Å². The summed E-state index contributed by atoms with van der Waals surface area (Å²) in [6.45, 7) is 14.4. The molecule has 3 heterocycles. The highest BCUT2D eigenvalue weighted by Crippen LogP contribution is 2.28. The number of ether oxygens (including phenoxy) is 2. The highest BCUT2D eigenvalue weighted by Gasteiger charge is 2.30. The second-order valence-corrected chi connectivity index (χ2v) is 8.72. The fourth-order valence-corrected chi connectivity index (χ4v) is 3.76. The molecule has 2 aliphatic heterocycles. The SMILES string of the molecule is CC(C)CN1CC[C@H]1COc1ccc(F)nc1OC[C@@H]1CCN1CC(C)C. The van der Waals surface area contributed by atoms with E-state index in [4.69, 9.17) is 9.47 Å². The van der Waals surface area contributed by atoms with Gasteiger partial charge in [0.25, 0.3) is 5.88 Å². The van der Waals surface area contributed by atoms with E-state index in [1.165, 1.54) is 6.07 Å². The molecule has 1 aromatic heterocycles. The van der Waals surface area contributed by atoms with Gasteiger partial charge in [0.15, 0.2) is 5.75 Å². The molecule has 0 aromatic carbocycles. The lowest BCUT2D eigenvalue weighted by molar-refractivity contribution is 0.0317. The third kappa shape index (κ3) is 5.55. The van der Waals surface area contributed by atoms with Crippen LogP contribution in [0.5, 0.6) is 11.6 Å². The molecule has 0 unspecified atom stereocenters. The van der Waals surface area contributed by atoms with Crippen molar-refractivity contribution >= 4 is 0 Å². The number of hydrogen-bond donors (Lipinski definition) is 0. The average Bonchev–Trinajstić information content (AvgIpc) is 2.57. The number of hydrogen-bond acceptors (Lipinski definition) is 5. The van der Waals surface area contributed by atoms with Crippen LogP contribution >= 0.6 is 0 Å². The van der Waals surface area contributed by atoms with Crippen LogP contribution in [0.1, 0.15) is 40.5 Å². The van der Waals surface area contributed by atoms with Gasteiger partial charge in [0.05, 0.1) is 0 Å². The van der Waals surface area contributed by atoms with E-state index >= 15 is 0 Å². The molecule has 0 aliphatic carbocycles. The average molecular weight is 380 g/mol. The molecule has 152 valence electrons. The van der Waals surface area contributed by atoms with Crippen LogP contribution < -0.4 is 9.47 Å². The smallest absolute Gasteiger partial charge is 0.259 e. The van der Waals surface area contributed by atoms with Crippen LogP contribution in [-0.2, 0) is 0 Å². The molecule has 0 spiro atoms. The first-order chi connectivity index (χ1) is 12.9. The summed E-state index contributed by atoms with van der Waals surface area (Å²) in [6, 6.07) is 3.79. The maximum absolute atomic E-state index is 13.6. The Bertz CT molecular complexity index is 611. The van der Waals surface area contributed by atoms with Crippen molar-refractivity contribution in [2.45, 2.75) is 52.6 Å². The Kier molecular flexibility index (Phi) is 6.93. The van der Waals surface area contributed by atoms with Crippen molar-refractivity contribution in [3.63, 3.8) is 0 Å². The van der Waals surface area contributed by atoms with Crippen molar-refractivity contribution in [2.24, 2.45) is 11.8 Å². The van der Waals surface area contributed by atoms with Gasteiger partial charge in [-0.15, -0.1) is 0 Å². The molecule has 0 amide bonds. The van der Waals surface area contributed by atoms with Gasteiger partial charge >= 0.3 is 0 Å². The molecule has 3 rings (SSSR count). The molecule has 2 fully saturated rings. The zero-order chi connectivity index (χ0) is 19.4. The normalized spacial score (nSPS) is 23.4. The highest BCUT2D eigenvalue weighted by molar-refractivity contribution is 5.33. The maximum Gasteiger partial charge on any atom is 0.259 e. The lowest BCUT2D eigenvalue weighted by atomic mass is 10.0. The topological polar surface area (TPSA) is 37.8 Å². The summed E-state index contributed by atoms with van der Waals surface area (Å²) in [6.07, 6.45) is 2.26. The van der Waals surface area contributed by atoms with E-state index in [-0.39, 0.29) is 5.88 Å². The minimum Gasteiger partial charge on any atom is -0.486 e.